The molecular formula is C8H23NO4. The van der Waals surface area contributed by atoms with Gasteiger partial charge in [0.05, 0.1) is 19.8 Å². The average molecular weight is 197 g/mol. The molecule has 0 aliphatic carbocycles. The van der Waals surface area contributed by atoms with Crippen LogP contribution in [-0.4, -0.2) is 54.9 Å². The van der Waals surface area contributed by atoms with Crippen LogP contribution in [0.25, 0.3) is 0 Å². The van der Waals surface area contributed by atoms with Gasteiger partial charge in [0.15, 0.2) is 0 Å². The first-order valence-electron chi connectivity index (χ1n) is 4.35. The largest absolute Gasteiger partial charge is 0.395 e. The monoisotopic (exact) mass is 197 g/mol. The van der Waals surface area contributed by atoms with Gasteiger partial charge in [-0.1, -0.05) is 0 Å². The maximum Gasteiger partial charge on any atom is 0.0662 e. The van der Waals surface area contributed by atoms with Gasteiger partial charge < -0.3 is 25.8 Å². The van der Waals surface area contributed by atoms with Gasteiger partial charge in [0.25, 0.3) is 0 Å². The number of aliphatic hydroxyl groups is 3. The van der Waals surface area contributed by atoms with Crippen molar-refractivity contribution in [3.8, 4) is 0 Å². The van der Waals surface area contributed by atoms with Gasteiger partial charge in [-0.15, -0.1) is 0 Å². The molecule has 0 aromatic heterocycles. The summed E-state index contributed by atoms with van der Waals surface area (Å²) in [5.74, 6) is 0. The minimum Gasteiger partial charge on any atom is -0.395 e. The zero-order valence-electron chi connectivity index (χ0n) is 8.57. The first kappa shape index (κ1) is 18.6. The Hall–Kier alpha value is -0.200. The van der Waals surface area contributed by atoms with Crippen molar-refractivity contribution in [3.63, 3.8) is 0 Å². The maximum atomic E-state index is 7.75. The highest BCUT2D eigenvalue weighted by molar-refractivity contribution is 4.17. The van der Waals surface area contributed by atoms with Gasteiger partial charge in [-0.2, -0.15) is 0 Å². The Kier molecular flexibility index (Phi) is 42.5. The molecule has 84 valence electrons. The van der Waals surface area contributed by atoms with E-state index >= 15 is 0 Å². The summed E-state index contributed by atoms with van der Waals surface area (Å²) < 4.78 is 4.83. The predicted molar refractivity (Wildman–Crippen MR) is 52.5 cm³/mol. The lowest BCUT2D eigenvalue weighted by atomic mass is 10.8. The Bertz CT molecular complexity index is 45.4. The molecule has 0 radical (unpaired) electrons. The van der Waals surface area contributed by atoms with E-state index in [-0.39, 0.29) is 19.8 Å². The molecular weight excluding hydrogens is 174 g/mol. The number of hydrogen-bond donors (Lipinski definition) is 4. The lowest BCUT2D eigenvalue weighted by molar-refractivity contribution is 0.162. The fourth-order valence-electron chi connectivity index (χ4n) is 0.204. The second-order valence-electron chi connectivity index (χ2n) is 1.74. The summed E-state index contributed by atoms with van der Waals surface area (Å²) in [6.45, 7) is 5.89. The van der Waals surface area contributed by atoms with Crippen LogP contribution < -0.4 is 5.73 Å². The Morgan fingerprint density at radius 3 is 1.23 bits per heavy atom. The van der Waals surface area contributed by atoms with E-state index < -0.39 is 0 Å². The normalized spacial score (nSPS) is 7.85. The smallest absolute Gasteiger partial charge is 0.0662 e. The van der Waals surface area contributed by atoms with Crippen molar-refractivity contribution in [1.29, 1.82) is 0 Å². The predicted octanol–water partition coefficient (Wildman–Crippen LogP) is -1.05. The summed E-state index contributed by atoms with van der Waals surface area (Å²) in [6, 6.07) is 0. The summed E-state index contributed by atoms with van der Waals surface area (Å²) in [4.78, 5) is 0. The third kappa shape index (κ3) is 78.5. The lowest BCUT2D eigenvalue weighted by Crippen LogP contribution is -2.02. The van der Waals surface area contributed by atoms with E-state index in [0.29, 0.717) is 6.54 Å². The molecule has 0 bridgehead atoms. The van der Waals surface area contributed by atoms with Crippen molar-refractivity contribution >= 4 is 0 Å². The van der Waals surface area contributed by atoms with Gasteiger partial charge >= 0.3 is 0 Å². The van der Waals surface area contributed by atoms with Crippen LogP contribution in [0.3, 0.4) is 0 Å². The number of ether oxygens (including phenoxy) is 1. The Labute approximate surface area is 80.1 Å². The van der Waals surface area contributed by atoms with Crippen LogP contribution in [0, 0.1) is 0 Å². The Morgan fingerprint density at radius 2 is 1.23 bits per heavy atom. The van der Waals surface area contributed by atoms with Crippen molar-refractivity contribution < 1.29 is 20.1 Å². The molecule has 0 spiro atoms. The quantitative estimate of drug-likeness (QED) is 0.461. The molecule has 0 saturated heterocycles. The zero-order chi connectivity index (χ0) is 10.9. The third-order valence-corrected chi connectivity index (χ3v) is 0.637. The van der Waals surface area contributed by atoms with Crippen molar-refractivity contribution in [2.24, 2.45) is 5.73 Å². The van der Waals surface area contributed by atoms with Gasteiger partial charge in [-0.25, -0.2) is 0 Å². The Balaban J connectivity index is -0.000000117. The van der Waals surface area contributed by atoms with E-state index in [1.807, 2.05) is 13.8 Å². The molecule has 0 aliphatic rings. The molecule has 0 atom stereocenters. The highest BCUT2D eigenvalue weighted by atomic mass is 16.5. The molecule has 0 aliphatic heterocycles. The summed E-state index contributed by atoms with van der Waals surface area (Å²) in [7, 11) is 0. The van der Waals surface area contributed by atoms with Crippen molar-refractivity contribution in [2.75, 3.05) is 39.6 Å². The first-order valence-corrected chi connectivity index (χ1v) is 4.35. The summed E-state index contributed by atoms with van der Waals surface area (Å²) in [5.41, 5.74) is 4.78. The molecule has 5 N–H and O–H groups in total. The molecule has 0 unspecified atom stereocenters. The van der Waals surface area contributed by atoms with Crippen LogP contribution in [0.4, 0.5) is 0 Å². The van der Waals surface area contributed by atoms with Crippen LogP contribution >= 0.6 is 0 Å². The van der Waals surface area contributed by atoms with Crippen molar-refractivity contribution in [1.82, 2.24) is 0 Å². The van der Waals surface area contributed by atoms with E-state index in [4.69, 9.17) is 25.8 Å². The minimum atomic E-state index is -0.125. The molecule has 5 heteroatoms. The standard InChI is InChI=1S/C4H10O.C2H7NO.C2H6O2/c1-3-5-4-2;2*3-1-2-4/h3-4H2,1-2H3;4H,1-3H2;3-4H,1-2H2. The van der Waals surface area contributed by atoms with Crippen LogP contribution in [0.5, 0.6) is 0 Å². The van der Waals surface area contributed by atoms with Crippen molar-refractivity contribution in [3.05, 3.63) is 0 Å². The van der Waals surface area contributed by atoms with Crippen LogP contribution in [0.1, 0.15) is 13.8 Å². The molecule has 0 heterocycles. The molecule has 0 saturated carbocycles. The Morgan fingerprint density at radius 1 is 0.923 bits per heavy atom. The summed E-state index contributed by atoms with van der Waals surface area (Å²) >= 11 is 0. The van der Waals surface area contributed by atoms with Gasteiger partial charge in [0.1, 0.15) is 0 Å². The summed E-state index contributed by atoms with van der Waals surface area (Å²) in [6.07, 6.45) is 0. The average Bonchev–Trinajstić information content (AvgIpc) is 2.20. The van der Waals surface area contributed by atoms with Gasteiger partial charge in [0.2, 0.25) is 0 Å². The number of rotatable bonds is 4. The lowest BCUT2D eigenvalue weighted by Gasteiger charge is -1.86. The highest BCUT2D eigenvalue weighted by Gasteiger charge is 1.64. The molecule has 13 heavy (non-hydrogen) atoms. The number of aliphatic hydroxyl groups excluding tert-OH is 3. The van der Waals surface area contributed by atoms with Crippen molar-refractivity contribution in [2.45, 2.75) is 13.8 Å². The fraction of sp³-hybridized carbons (Fsp3) is 1.00. The summed E-state index contributed by atoms with van der Waals surface area (Å²) in [5, 5.41) is 23.0. The highest BCUT2D eigenvalue weighted by Crippen LogP contribution is 1.64. The zero-order valence-corrected chi connectivity index (χ0v) is 8.57. The molecule has 0 fully saturated rings. The SMILES string of the molecule is CCOCC.NCCO.OCCO. The van der Waals surface area contributed by atoms with E-state index in [0.717, 1.165) is 13.2 Å². The van der Waals surface area contributed by atoms with Gasteiger partial charge in [0, 0.05) is 19.8 Å². The molecule has 0 amide bonds. The first-order chi connectivity index (χ1) is 6.24. The molecule has 0 aromatic rings. The molecule has 0 rings (SSSR count). The molecule has 5 nitrogen and oxygen atoms in total. The fourth-order valence-corrected chi connectivity index (χ4v) is 0.204. The van der Waals surface area contributed by atoms with Crippen LogP contribution in [0.15, 0.2) is 0 Å². The third-order valence-electron chi connectivity index (χ3n) is 0.637. The van der Waals surface area contributed by atoms with Crippen LogP contribution in [0.2, 0.25) is 0 Å². The number of nitrogens with two attached hydrogens (primary N) is 1. The molecule has 0 aromatic carbocycles. The van der Waals surface area contributed by atoms with Gasteiger partial charge in [-0.05, 0) is 13.8 Å². The van der Waals surface area contributed by atoms with E-state index in [1.165, 1.54) is 0 Å². The number of hydrogen-bond acceptors (Lipinski definition) is 5. The van der Waals surface area contributed by atoms with E-state index in [9.17, 15) is 0 Å². The van der Waals surface area contributed by atoms with Gasteiger partial charge in [-0.3, -0.25) is 0 Å². The van der Waals surface area contributed by atoms with E-state index in [1.54, 1.807) is 0 Å². The second-order valence-corrected chi connectivity index (χ2v) is 1.74. The van der Waals surface area contributed by atoms with E-state index in [2.05, 4.69) is 0 Å². The minimum absolute atomic E-state index is 0.0972. The maximum absolute atomic E-state index is 7.75. The second kappa shape index (κ2) is 29.8. The van der Waals surface area contributed by atoms with Crippen LogP contribution in [-0.2, 0) is 4.74 Å². The topological polar surface area (TPSA) is 95.9 Å².